The standard InChI is InChI=1S/C9H16O4/c1-8(2)7-4-3-5-9(6-7,11-10)13-12-8/h7,10H,3-6H2,1-2H3/t7-,9+/m1/s1. The topological polar surface area (TPSA) is 47.9 Å². The highest BCUT2D eigenvalue weighted by Crippen LogP contribution is 2.46. The maximum Gasteiger partial charge on any atom is 0.234 e. The van der Waals surface area contributed by atoms with Crippen LogP contribution in [-0.4, -0.2) is 16.6 Å². The lowest BCUT2D eigenvalue weighted by Crippen LogP contribution is -2.53. The Labute approximate surface area is 77.6 Å². The molecule has 4 nitrogen and oxygen atoms in total. The Kier molecular flexibility index (Phi) is 2.11. The van der Waals surface area contributed by atoms with Gasteiger partial charge in [-0.2, -0.15) is 4.89 Å². The first-order valence-electron chi connectivity index (χ1n) is 4.77. The average molecular weight is 188 g/mol. The molecule has 0 radical (unpaired) electrons. The minimum Gasteiger partial charge on any atom is -0.249 e. The van der Waals surface area contributed by atoms with Crippen molar-refractivity contribution in [3.8, 4) is 0 Å². The molecule has 0 unspecified atom stereocenters. The zero-order valence-corrected chi connectivity index (χ0v) is 8.08. The molecule has 2 atom stereocenters. The summed E-state index contributed by atoms with van der Waals surface area (Å²) in [5.41, 5.74) is -0.261. The van der Waals surface area contributed by atoms with Crippen LogP contribution in [0.1, 0.15) is 39.5 Å². The molecule has 13 heavy (non-hydrogen) atoms. The molecule has 76 valence electrons. The summed E-state index contributed by atoms with van der Waals surface area (Å²) in [6, 6.07) is 0. The van der Waals surface area contributed by atoms with Gasteiger partial charge >= 0.3 is 0 Å². The van der Waals surface area contributed by atoms with Crippen molar-refractivity contribution in [3.63, 3.8) is 0 Å². The summed E-state index contributed by atoms with van der Waals surface area (Å²) in [5.74, 6) is -0.486. The Morgan fingerprint density at radius 2 is 2.15 bits per heavy atom. The molecule has 0 amide bonds. The molecule has 0 spiro atoms. The summed E-state index contributed by atoms with van der Waals surface area (Å²) in [4.78, 5) is 14.8. The molecule has 1 aliphatic heterocycles. The van der Waals surface area contributed by atoms with Crippen molar-refractivity contribution >= 4 is 0 Å². The van der Waals surface area contributed by atoms with Crippen LogP contribution in [0.4, 0.5) is 0 Å². The lowest BCUT2D eigenvalue weighted by Gasteiger charge is -2.48. The molecule has 0 aromatic carbocycles. The van der Waals surface area contributed by atoms with Gasteiger partial charge in [0.1, 0.15) is 5.60 Å². The number of fused-ring (bicyclic) bond motifs is 2. The Morgan fingerprint density at radius 3 is 2.85 bits per heavy atom. The smallest absolute Gasteiger partial charge is 0.234 e. The molecule has 2 fully saturated rings. The lowest BCUT2D eigenvalue weighted by molar-refractivity contribution is -0.554. The van der Waals surface area contributed by atoms with Crippen LogP contribution in [0.2, 0.25) is 0 Å². The van der Waals surface area contributed by atoms with Gasteiger partial charge in [-0.05, 0) is 32.6 Å². The molecule has 2 rings (SSSR count). The van der Waals surface area contributed by atoms with Crippen LogP contribution in [0.15, 0.2) is 0 Å². The van der Waals surface area contributed by atoms with Gasteiger partial charge in [-0.3, -0.25) is 0 Å². The molecule has 1 N–H and O–H groups in total. The predicted octanol–water partition coefficient (Wildman–Crippen LogP) is 2.10. The first-order chi connectivity index (χ1) is 6.08. The Bertz CT molecular complexity index is 204. The monoisotopic (exact) mass is 188 g/mol. The molecule has 1 heterocycles. The van der Waals surface area contributed by atoms with Crippen LogP contribution in [0.3, 0.4) is 0 Å². The third-order valence-corrected chi connectivity index (χ3v) is 3.23. The second-order valence-corrected chi connectivity index (χ2v) is 4.57. The highest BCUT2D eigenvalue weighted by atomic mass is 17.3. The zero-order valence-electron chi connectivity index (χ0n) is 8.08. The van der Waals surface area contributed by atoms with Gasteiger partial charge in [0.25, 0.3) is 0 Å². The van der Waals surface area contributed by atoms with E-state index in [1.807, 2.05) is 13.8 Å². The second-order valence-electron chi connectivity index (χ2n) is 4.57. The van der Waals surface area contributed by atoms with Crippen LogP contribution in [0.5, 0.6) is 0 Å². The highest BCUT2D eigenvalue weighted by molar-refractivity contribution is 4.90. The van der Waals surface area contributed by atoms with E-state index in [4.69, 9.17) is 15.0 Å². The predicted molar refractivity (Wildman–Crippen MR) is 44.7 cm³/mol. The summed E-state index contributed by atoms with van der Waals surface area (Å²) in [6.45, 7) is 4.01. The molecule has 0 aromatic rings. The number of rotatable bonds is 1. The summed E-state index contributed by atoms with van der Waals surface area (Å²) in [5, 5.41) is 8.76. The van der Waals surface area contributed by atoms with Crippen molar-refractivity contribution in [2.45, 2.75) is 50.9 Å². The minimum atomic E-state index is -0.890. The SMILES string of the molecule is CC1(C)OO[C@@]2(OO)CCC[C@@H]1C2. The van der Waals surface area contributed by atoms with Crippen LogP contribution >= 0.6 is 0 Å². The quantitative estimate of drug-likeness (QED) is 0.505. The van der Waals surface area contributed by atoms with Crippen LogP contribution in [0, 0.1) is 5.92 Å². The first kappa shape index (κ1) is 9.40. The normalized spacial score (nSPS) is 43.2. The average Bonchev–Trinajstić information content (AvgIpc) is 2.14. The zero-order chi connectivity index (χ0) is 9.53. The first-order valence-corrected chi connectivity index (χ1v) is 4.77. The van der Waals surface area contributed by atoms with Gasteiger partial charge in [-0.25, -0.2) is 15.0 Å². The summed E-state index contributed by atoms with van der Waals surface area (Å²) >= 11 is 0. The second kappa shape index (κ2) is 2.92. The van der Waals surface area contributed by atoms with Crippen molar-refractivity contribution in [2.24, 2.45) is 5.92 Å². The van der Waals surface area contributed by atoms with Gasteiger partial charge in [0.05, 0.1) is 0 Å². The molecule has 1 aliphatic carbocycles. The highest BCUT2D eigenvalue weighted by Gasteiger charge is 2.51. The van der Waals surface area contributed by atoms with Gasteiger partial charge in [-0.15, -0.1) is 0 Å². The van der Waals surface area contributed by atoms with Gasteiger partial charge < -0.3 is 0 Å². The van der Waals surface area contributed by atoms with Crippen molar-refractivity contribution in [1.82, 2.24) is 0 Å². The molecule has 1 saturated carbocycles. The van der Waals surface area contributed by atoms with E-state index in [0.717, 1.165) is 19.3 Å². The van der Waals surface area contributed by atoms with Crippen molar-refractivity contribution in [2.75, 3.05) is 0 Å². The van der Waals surface area contributed by atoms with E-state index in [0.29, 0.717) is 12.3 Å². The Morgan fingerprint density at radius 1 is 1.38 bits per heavy atom. The summed E-state index contributed by atoms with van der Waals surface area (Å²) in [7, 11) is 0. The third-order valence-electron chi connectivity index (χ3n) is 3.23. The van der Waals surface area contributed by atoms with Crippen molar-refractivity contribution < 1.29 is 19.9 Å². The van der Waals surface area contributed by atoms with Gasteiger partial charge in [-0.1, -0.05) is 0 Å². The fourth-order valence-electron chi connectivity index (χ4n) is 2.22. The number of hydrogen-bond donors (Lipinski definition) is 1. The Balaban J connectivity index is 2.15. The van der Waals surface area contributed by atoms with Crippen molar-refractivity contribution in [3.05, 3.63) is 0 Å². The van der Waals surface area contributed by atoms with E-state index in [9.17, 15) is 0 Å². The van der Waals surface area contributed by atoms with E-state index in [2.05, 4.69) is 4.89 Å². The van der Waals surface area contributed by atoms with E-state index in [-0.39, 0.29) is 5.60 Å². The molecule has 1 saturated heterocycles. The van der Waals surface area contributed by atoms with E-state index < -0.39 is 5.79 Å². The van der Waals surface area contributed by atoms with E-state index >= 15 is 0 Å². The fourth-order valence-corrected chi connectivity index (χ4v) is 2.22. The van der Waals surface area contributed by atoms with E-state index in [1.165, 1.54) is 0 Å². The third kappa shape index (κ3) is 1.48. The van der Waals surface area contributed by atoms with Crippen molar-refractivity contribution in [1.29, 1.82) is 0 Å². The molecular formula is C9H16O4. The Hall–Kier alpha value is -0.160. The molecule has 0 aromatic heterocycles. The maximum atomic E-state index is 8.76. The summed E-state index contributed by atoms with van der Waals surface area (Å²) < 4.78 is 0. The molecular weight excluding hydrogens is 172 g/mol. The molecule has 2 aliphatic rings. The van der Waals surface area contributed by atoms with Gasteiger partial charge in [0.15, 0.2) is 0 Å². The van der Waals surface area contributed by atoms with Gasteiger partial charge in [0.2, 0.25) is 5.79 Å². The van der Waals surface area contributed by atoms with Gasteiger partial charge in [0, 0.05) is 12.8 Å². The van der Waals surface area contributed by atoms with Crippen LogP contribution in [-0.2, 0) is 14.7 Å². The lowest BCUT2D eigenvalue weighted by atomic mass is 9.75. The van der Waals surface area contributed by atoms with Crippen LogP contribution < -0.4 is 0 Å². The minimum absolute atomic E-state index is 0.261. The fraction of sp³-hybridized carbons (Fsp3) is 1.00. The van der Waals surface area contributed by atoms with Crippen LogP contribution in [0.25, 0.3) is 0 Å². The molecule has 2 bridgehead atoms. The largest absolute Gasteiger partial charge is 0.249 e. The maximum absolute atomic E-state index is 8.76. The molecule has 4 heteroatoms. The van der Waals surface area contributed by atoms with E-state index in [1.54, 1.807) is 0 Å². The summed E-state index contributed by atoms with van der Waals surface area (Å²) in [6.07, 6.45) is 3.55. The number of hydrogen-bond acceptors (Lipinski definition) is 4.